The van der Waals surface area contributed by atoms with Gasteiger partial charge in [-0.25, -0.2) is 9.18 Å². The van der Waals surface area contributed by atoms with Crippen LogP contribution in [0.1, 0.15) is 22.8 Å². The second-order valence-corrected chi connectivity index (χ2v) is 5.00. The minimum absolute atomic E-state index is 0.00988. The molecule has 4 nitrogen and oxygen atoms in total. The van der Waals surface area contributed by atoms with Gasteiger partial charge in [0.1, 0.15) is 12.4 Å². The van der Waals surface area contributed by atoms with Gasteiger partial charge in [0.05, 0.1) is 24.3 Å². The smallest absolute Gasteiger partial charge is 0.338 e. The monoisotopic (exact) mass is 338 g/mol. The highest BCUT2D eigenvalue weighted by Crippen LogP contribution is 2.37. The number of esters is 1. The van der Waals surface area contributed by atoms with Crippen molar-refractivity contribution in [1.29, 1.82) is 0 Å². The van der Waals surface area contributed by atoms with Crippen LogP contribution >= 0.6 is 11.6 Å². The van der Waals surface area contributed by atoms with Crippen molar-refractivity contribution in [2.24, 2.45) is 0 Å². The predicted molar refractivity (Wildman–Crippen MR) is 84.7 cm³/mol. The van der Waals surface area contributed by atoms with Crippen molar-refractivity contribution < 1.29 is 23.4 Å². The molecule has 0 fully saturated rings. The standard InChI is InChI=1S/C17H16ClFO4/c1-3-22-15-9-12(17(20)21-2)8-13(18)16(15)23-10-11-6-4-5-7-14(11)19/h4-9H,3,10H2,1-2H3. The van der Waals surface area contributed by atoms with E-state index >= 15 is 0 Å². The van der Waals surface area contributed by atoms with Gasteiger partial charge in [-0.15, -0.1) is 0 Å². The van der Waals surface area contributed by atoms with E-state index in [4.69, 9.17) is 21.1 Å². The Balaban J connectivity index is 2.29. The molecular weight excluding hydrogens is 323 g/mol. The van der Waals surface area contributed by atoms with Crippen LogP contribution in [0.5, 0.6) is 11.5 Å². The van der Waals surface area contributed by atoms with Gasteiger partial charge in [0.25, 0.3) is 0 Å². The molecule has 0 radical (unpaired) electrons. The molecular formula is C17H16ClFO4. The number of halogens is 2. The molecule has 2 aromatic carbocycles. The van der Waals surface area contributed by atoms with E-state index in [0.717, 1.165) is 0 Å². The fraction of sp³-hybridized carbons (Fsp3) is 0.235. The van der Waals surface area contributed by atoms with Gasteiger partial charge in [0.15, 0.2) is 11.5 Å². The zero-order valence-corrected chi connectivity index (χ0v) is 13.5. The highest BCUT2D eigenvalue weighted by Gasteiger charge is 2.17. The van der Waals surface area contributed by atoms with Gasteiger partial charge in [0.2, 0.25) is 0 Å². The summed E-state index contributed by atoms with van der Waals surface area (Å²) in [5.74, 6) is -0.345. The first-order valence-electron chi connectivity index (χ1n) is 6.97. The Kier molecular flexibility index (Phi) is 5.82. The molecule has 6 heteroatoms. The molecule has 0 N–H and O–H groups in total. The Morgan fingerprint density at radius 1 is 1.22 bits per heavy atom. The summed E-state index contributed by atoms with van der Waals surface area (Å²) in [5.41, 5.74) is 0.641. The van der Waals surface area contributed by atoms with E-state index in [1.165, 1.54) is 25.3 Å². The molecule has 122 valence electrons. The van der Waals surface area contributed by atoms with E-state index in [-0.39, 0.29) is 28.8 Å². The SMILES string of the molecule is CCOc1cc(C(=O)OC)cc(Cl)c1OCc1ccccc1F. The lowest BCUT2D eigenvalue weighted by Crippen LogP contribution is -2.05. The van der Waals surface area contributed by atoms with Crippen LogP contribution in [0, 0.1) is 5.82 Å². The number of carbonyl (C=O) groups is 1. The van der Waals surface area contributed by atoms with Crippen molar-refractivity contribution in [3.8, 4) is 11.5 Å². The lowest BCUT2D eigenvalue weighted by atomic mass is 10.2. The molecule has 0 spiro atoms. The summed E-state index contributed by atoms with van der Waals surface area (Å²) in [6.07, 6.45) is 0. The molecule has 0 bridgehead atoms. The summed E-state index contributed by atoms with van der Waals surface area (Å²) in [5, 5.41) is 0.188. The highest BCUT2D eigenvalue weighted by molar-refractivity contribution is 6.32. The third kappa shape index (κ3) is 4.13. The molecule has 0 unspecified atom stereocenters. The largest absolute Gasteiger partial charge is 0.490 e. The molecule has 0 heterocycles. The zero-order chi connectivity index (χ0) is 16.8. The second kappa shape index (κ2) is 7.83. The molecule has 0 aliphatic rings. The fourth-order valence-corrected chi connectivity index (χ4v) is 2.24. The van der Waals surface area contributed by atoms with Crippen molar-refractivity contribution in [2.75, 3.05) is 13.7 Å². The van der Waals surface area contributed by atoms with Crippen LogP contribution < -0.4 is 9.47 Å². The maximum Gasteiger partial charge on any atom is 0.338 e. The van der Waals surface area contributed by atoms with Gasteiger partial charge >= 0.3 is 5.97 Å². The Bertz CT molecular complexity index is 703. The number of rotatable bonds is 6. The van der Waals surface area contributed by atoms with Crippen LogP contribution in [0.2, 0.25) is 5.02 Å². The number of hydrogen-bond donors (Lipinski definition) is 0. The maximum atomic E-state index is 13.7. The van der Waals surface area contributed by atoms with Crippen molar-refractivity contribution in [1.82, 2.24) is 0 Å². The van der Waals surface area contributed by atoms with Gasteiger partial charge < -0.3 is 14.2 Å². The van der Waals surface area contributed by atoms with Gasteiger partial charge in [-0.3, -0.25) is 0 Å². The minimum atomic E-state index is -0.534. The van der Waals surface area contributed by atoms with E-state index in [1.54, 1.807) is 25.1 Å². The molecule has 0 atom stereocenters. The molecule has 0 aliphatic heterocycles. The van der Waals surface area contributed by atoms with Gasteiger partial charge in [-0.2, -0.15) is 0 Å². The predicted octanol–water partition coefficient (Wildman–Crippen LogP) is 4.24. The normalized spacial score (nSPS) is 10.3. The van der Waals surface area contributed by atoms with Crippen LogP contribution in [-0.2, 0) is 11.3 Å². The van der Waals surface area contributed by atoms with Gasteiger partial charge in [0, 0.05) is 5.56 Å². The van der Waals surface area contributed by atoms with E-state index in [2.05, 4.69) is 4.74 Å². The third-order valence-corrected chi connectivity index (χ3v) is 3.34. The van der Waals surface area contributed by atoms with E-state index in [0.29, 0.717) is 17.9 Å². The number of carbonyl (C=O) groups excluding carboxylic acids is 1. The first-order valence-corrected chi connectivity index (χ1v) is 7.35. The average Bonchev–Trinajstić information content (AvgIpc) is 2.55. The summed E-state index contributed by atoms with van der Waals surface area (Å²) in [4.78, 5) is 11.6. The highest BCUT2D eigenvalue weighted by atomic mass is 35.5. The summed E-state index contributed by atoms with van der Waals surface area (Å²) >= 11 is 6.17. The summed E-state index contributed by atoms with van der Waals surface area (Å²) in [6, 6.07) is 9.19. The fourth-order valence-electron chi connectivity index (χ4n) is 1.97. The van der Waals surface area contributed by atoms with E-state index in [9.17, 15) is 9.18 Å². The quantitative estimate of drug-likeness (QED) is 0.739. The van der Waals surface area contributed by atoms with E-state index in [1.807, 2.05) is 0 Å². The number of hydrogen-bond acceptors (Lipinski definition) is 4. The molecule has 0 aromatic heterocycles. The number of ether oxygens (including phenoxy) is 3. The molecule has 0 saturated heterocycles. The Hall–Kier alpha value is -2.27. The lowest BCUT2D eigenvalue weighted by molar-refractivity contribution is 0.0600. The molecule has 23 heavy (non-hydrogen) atoms. The first-order chi connectivity index (χ1) is 11.1. The van der Waals surface area contributed by atoms with Crippen molar-refractivity contribution >= 4 is 17.6 Å². The summed E-state index contributed by atoms with van der Waals surface area (Å²) < 4.78 is 29.4. The van der Waals surface area contributed by atoms with Crippen LogP contribution in [-0.4, -0.2) is 19.7 Å². The van der Waals surface area contributed by atoms with Gasteiger partial charge in [-0.1, -0.05) is 29.8 Å². The number of benzene rings is 2. The lowest BCUT2D eigenvalue weighted by Gasteiger charge is -2.15. The van der Waals surface area contributed by atoms with Crippen molar-refractivity contribution in [3.63, 3.8) is 0 Å². The second-order valence-electron chi connectivity index (χ2n) is 4.59. The molecule has 2 aromatic rings. The van der Waals surface area contributed by atoms with Crippen LogP contribution in [0.15, 0.2) is 36.4 Å². The summed E-state index contributed by atoms with van der Waals surface area (Å²) in [6.45, 7) is 2.14. The molecule has 0 aliphatic carbocycles. The first kappa shape index (κ1) is 17.1. The molecule has 0 amide bonds. The topological polar surface area (TPSA) is 44.8 Å². The number of methoxy groups -OCH3 is 1. The average molecular weight is 339 g/mol. The maximum absolute atomic E-state index is 13.7. The zero-order valence-electron chi connectivity index (χ0n) is 12.8. The summed E-state index contributed by atoms with van der Waals surface area (Å²) in [7, 11) is 1.28. The van der Waals surface area contributed by atoms with Crippen LogP contribution in [0.4, 0.5) is 4.39 Å². The van der Waals surface area contributed by atoms with Crippen LogP contribution in [0.3, 0.4) is 0 Å². The van der Waals surface area contributed by atoms with Crippen molar-refractivity contribution in [2.45, 2.75) is 13.5 Å². The molecule has 2 rings (SSSR count). The molecule has 0 saturated carbocycles. The van der Waals surface area contributed by atoms with E-state index < -0.39 is 5.97 Å². The van der Waals surface area contributed by atoms with Gasteiger partial charge in [-0.05, 0) is 25.1 Å². The third-order valence-electron chi connectivity index (χ3n) is 3.06. The minimum Gasteiger partial charge on any atom is -0.490 e. The Labute approximate surface area is 138 Å². The Morgan fingerprint density at radius 3 is 2.61 bits per heavy atom. The van der Waals surface area contributed by atoms with Crippen molar-refractivity contribution in [3.05, 3.63) is 58.4 Å². The van der Waals surface area contributed by atoms with Crippen LogP contribution in [0.25, 0.3) is 0 Å². The Morgan fingerprint density at radius 2 is 1.96 bits per heavy atom.